The molecule has 1 aliphatic rings. The van der Waals surface area contributed by atoms with Crippen LogP contribution in [-0.2, 0) is 4.79 Å². The summed E-state index contributed by atoms with van der Waals surface area (Å²) in [5.41, 5.74) is 0.232. The van der Waals surface area contributed by atoms with Crippen LogP contribution in [0.15, 0.2) is 24.5 Å². The number of nitrogens with zero attached hydrogens (tertiary/aromatic N) is 1. The second-order valence-electron chi connectivity index (χ2n) is 6.39. The SMILES string of the molecule is CC1C(NC(=O)c2ccncc2)CCC(C(=O)O)C1(C)C. The molecule has 0 bridgehead atoms. The summed E-state index contributed by atoms with van der Waals surface area (Å²) in [7, 11) is 0. The minimum Gasteiger partial charge on any atom is -0.481 e. The summed E-state index contributed by atoms with van der Waals surface area (Å²) in [6, 6.07) is 3.35. The van der Waals surface area contributed by atoms with Gasteiger partial charge in [-0.15, -0.1) is 0 Å². The second-order valence-corrected chi connectivity index (χ2v) is 6.39. The molecule has 0 aliphatic heterocycles. The zero-order valence-corrected chi connectivity index (χ0v) is 12.7. The molecule has 1 aromatic rings. The van der Waals surface area contributed by atoms with Crippen molar-refractivity contribution in [2.75, 3.05) is 0 Å². The highest BCUT2D eigenvalue weighted by molar-refractivity contribution is 5.94. The van der Waals surface area contributed by atoms with Crippen LogP contribution >= 0.6 is 0 Å². The van der Waals surface area contributed by atoms with E-state index in [1.165, 1.54) is 0 Å². The molecule has 0 spiro atoms. The van der Waals surface area contributed by atoms with Crippen LogP contribution in [0.5, 0.6) is 0 Å². The Morgan fingerprint density at radius 3 is 2.48 bits per heavy atom. The van der Waals surface area contributed by atoms with Crippen molar-refractivity contribution in [3.8, 4) is 0 Å². The summed E-state index contributed by atoms with van der Waals surface area (Å²) in [6.45, 7) is 5.97. The number of carbonyl (C=O) groups excluding carboxylic acids is 1. The average Bonchev–Trinajstić information content (AvgIpc) is 2.44. The number of rotatable bonds is 3. The fourth-order valence-corrected chi connectivity index (χ4v) is 3.20. The van der Waals surface area contributed by atoms with Gasteiger partial charge in [-0.2, -0.15) is 0 Å². The first-order chi connectivity index (χ1) is 9.84. The second kappa shape index (κ2) is 5.84. The van der Waals surface area contributed by atoms with E-state index in [4.69, 9.17) is 0 Å². The minimum atomic E-state index is -0.745. The van der Waals surface area contributed by atoms with Gasteiger partial charge < -0.3 is 10.4 Å². The van der Waals surface area contributed by atoms with Crippen LogP contribution in [0.2, 0.25) is 0 Å². The molecule has 21 heavy (non-hydrogen) atoms. The van der Waals surface area contributed by atoms with Crippen LogP contribution in [0.4, 0.5) is 0 Å². The Bertz CT molecular complexity index is 528. The van der Waals surface area contributed by atoms with Gasteiger partial charge in [0.15, 0.2) is 0 Å². The number of carboxylic acids is 1. The van der Waals surface area contributed by atoms with Crippen LogP contribution in [0, 0.1) is 17.3 Å². The summed E-state index contributed by atoms with van der Waals surface area (Å²) >= 11 is 0. The van der Waals surface area contributed by atoms with Gasteiger partial charge in [-0.05, 0) is 36.3 Å². The zero-order chi connectivity index (χ0) is 15.6. The molecule has 3 atom stereocenters. The Hall–Kier alpha value is -1.91. The van der Waals surface area contributed by atoms with E-state index in [1.807, 2.05) is 20.8 Å². The molecule has 0 radical (unpaired) electrons. The molecule has 1 heterocycles. The van der Waals surface area contributed by atoms with E-state index in [0.717, 1.165) is 0 Å². The number of carbonyl (C=O) groups is 2. The standard InChI is InChI=1S/C16H22N2O3/c1-10-13(5-4-12(15(20)21)16(10,2)3)18-14(19)11-6-8-17-9-7-11/h6-10,12-13H,4-5H2,1-3H3,(H,18,19)(H,20,21). The van der Waals surface area contributed by atoms with E-state index in [2.05, 4.69) is 10.3 Å². The predicted octanol–water partition coefficient (Wildman–Crippen LogP) is 2.34. The third-order valence-corrected chi connectivity index (χ3v) is 5.00. The Morgan fingerprint density at radius 1 is 1.29 bits per heavy atom. The number of hydrogen-bond acceptors (Lipinski definition) is 3. The summed E-state index contributed by atoms with van der Waals surface area (Å²) < 4.78 is 0. The zero-order valence-electron chi connectivity index (χ0n) is 12.7. The monoisotopic (exact) mass is 290 g/mol. The largest absolute Gasteiger partial charge is 0.481 e. The van der Waals surface area contributed by atoms with Gasteiger partial charge in [0.2, 0.25) is 0 Å². The molecular weight excluding hydrogens is 268 g/mol. The lowest BCUT2D eigenvalue weighted by Crippen LogP contribution is -2.52. The van der Waals surface area contributed by atoms with Gasteiger partial charge in [0.05, 0.1) is 5.92 Å². The number of hydrogen-bond donors (Lipinski definition) is 2. The Kier molecular flexibility index (Phi) is 4.30. The van der Waals surface area contributed by atoms with Gasteiger partial charge in [-0.1, -0.05) is 20.8 Å². The first-order valence-electron chi connectivity index (χ1n) is 7.27. The van der Waals surface area contributed by atoms with Gasteiger partial charge >= 0.3 is 5.97 Å². The van der Waals surface area contributed by atoms with E-state index in [-0.39, 0.29) is 29.2 Å². The third kappa shape index (κ3) is 3.06. The highest BCUT2D eigenvalue weighted by Crippen LogP contribution is 2.45. The van der Waals surface area contributed by atoms with Gasteiger partial charge in [-0.25, -0.2) is 0 Å². The topological polar surface area (TPSA) is 79.3 Å². The molecule has 2 rings (SSSR count). The molecule has 114 valence electrons. The highest BCUT2D eigenvalue weighted by atomic mass is 16.4. The van der Waals surface area contributed by atoms with Crippen molar-refractivity contribution in [3.05, 3.63) is 30.1 Å². The fourth-order valence-electron chi connectivity index (χ4n) is 3.20. The molecule has 2 N–H and O–H groups in total. The first kappa shape index (κ1) is 15.5. The normalized spacial score (nSPS) is 27.9. The van der Waals surface area contributed by atoms with Crippen LogP contribution in [0.1, 0.15) is 44.0 Å². The van der Waals surface area contributed by atoms with Crippen LogP contribution in [0.3, 0.4) is 0 Å². The maximum atomic E-state index is 12.2. The van der Waals surface area contributed by atoms with E-state index in [0.29, 0.717) is 18.4 Å². The number of amides is 1. The lowest BCUT2D eigenvalue weighted by molar-refractivity contribution is -0.150. The smallest absolute Gasteiger partial charge is 0.307 e. The Balaban J connectivity index is 2.09. The molecule has 1 amide bonds. The van der Waals surface area contributed by atoms with Crippen LogP contribution in [-0.4, -0.2) is 28.0 Å². The van der Waals surface area contributed by atoms with E-state index in [1.54, 1.807) is 24.5 Å². The minimum absolute atomic E-state index is 0.00346. The molecular formula is C16H22N2O3. The first-order valence-corrected chi connectivity index (χ1v) is 7.27. The van der Waals surface area contributed by atoms with E-state index < -0.39 is 5.97 Å². The molecule has 3 unspecified atom stereocenters. The number of carboxylic acid groups (broad SMARTS) is 1. The quantitative estimate of drug-likeness (QED) is 0.895. The van der Waals surface area contributed by atoms with Crippen molar-refractivity contribution in [3.63, 3.8) is 0 Å². The Morgan fingerprint density at radius 2 is 1.90 bits per heavy atom. The van der Waals surface area contributed by atoms with Crippen molar-refractivity contribution in [2.24, 2.45) is 17.3 Å². The highest BCUT2D eigenvalue weighted by Gasteiger charge is 2.46. The number of pyridine rings is 1. The molecule has 0 saturated heterocycles. The molecule has 0 aromatic carbocycles. The van der Waals surface area contributed by atoms with Crippen LogP contribution in [0.25, 0.3) is 0 Å². The summed E-state index contributed by atoms with van der Waals surface area (Å²) in [5, 5.41) is 12.4. The summed E-state index contributed by atoms with van der Waals surface area (Å²) in [6.07, 6.45) is 4.46. The molecule has 1 aromatic heterocycles. The van der Waals surface area contributed by atoms with Gasteiger partial charge in [-0.3, -0.25) is 14.6 Å². The maximum Gasteiger partial charge on any atom is 0.307 e. The molecule has 1 aliphatic carbocycles. The average molecular weight is 290 g/mol. The van der Waals surface area contributed by atoms with Crippen molar-refractivity contribution in [1.29, 1.82) is 0 Å². The molecule has 1 saturated carbocycles. The van der Waals surface area contributed by atoms with Gasteiger partial charge in [0.1, 0.15) is 0 Å². The van der Waals surface area contributed by atoms with E-state index >= 15 is 0 Å². The maximum absolute atomic E-state index is 12.2. The van der Waals surface area contributed by atoms with Crippen molar-refractivity contribution in [2.45, 2.75) is 39.7 Å². The lowest BCUT2D eigenvalue weighted by Gasteiger charge is -2.46. The van der Waals surface area contributed by atoms with Crippen molar-refractivity contribution < 1.29 is 14.7 Å². The number of nitrogens with one attached hydrogen (secondary N) is 1. The predicted molar refractivity (Wildman–Crippen MR) is 78.8 cm³/mol. The van der Waals surface area contributed by atoms with Gasteiger partial charge in [0.25, 0.3) is 5.91 Å². The Labute approximate surface area is 124 Å². The molecule has 5 nitrogen and oxygen atoms in total. The van der Waals surface area contributed by atoms with Crippen molar-refractivity contribution >= 4 is 11.9 Å². The summed E-state index contributed by atoms with van der Waals surface area (Å²) in [4.78, 5) is 27.5. The molecule has 5 heteroatoms. The van der Waals surface area contributed by atoms with Crippen LogP contribution < -0.4 is 5.32 Å². The fraction of sp³-hybridized carbons (Fsp3) is 0.562. The summed E-state index contributed by atoms with van der Waals surface area (Å²) in [5.74, 6) is -1.13. The number of aromatic nitrogens is 1. The third-order valence-electron chi connectivity index (χ3n) is 5.00. The lowest BCUT2D eigenvalue weighted by atomic mass is 9.61. The van der Waals surface area contributed by atoms with E-state index in [9.17, 15) is 14.7 Å². The van der Waals surface area contributed by atoms with Gasteiger partial charge in [0, 0.05) is 24.0 Å². The molecule has 1 fully saturated rings. The number of aliphatic carboxylic acids is 1. The van der Waals surface area contributed by atoms with Crippen molar-refractivity contribution in [1.82, 2.24) is 10.3 Å².